The Hall–Kier alpha value is -0.0800. The minimum Gasteiger partial charge on any atom is -0.393 e. The lowest BCUT2D eigenvalue weighted by Crippen LogP contribution is -2.62. The van der Waals surface area contributed by atoms with Gasteiger partial charge >= 0.3 is 0 Å². The highest BCUT2D eigenvalue weighted by atomic mass is 16.3. The van der Waals surface area contributed by atoms with Gasteiger partial charge in [-0.15, -0.1) is 0 Å². The van der Waals surface area contributed by atoms with Crippen molar-refractivity contribution < 1.29 is 10.2 Å². The van der Waals surface area contributed by atoms with Gasteiger partial charge in [0.25, 0.3) is 0 Å². The van der Waals surface area contributed by atoms with Crippen molar-refractivity contribution in [1.82, 2.24) is 0 Å². The van der Waals surface area contributed by atoms with Gasteiger partial charge in [0.2, 0.25) is 0 Å². The molecule has 0 aromatic heterocycles. The van der Waals surface area contributed by atoms with Crippen LogP contribution in [0, 0.1) is 34.5 Å². The highest BCUT2D eigenvalue weighted by Crippen LogP contribution is 2.68. The molecule has 4 saturated carbocycles. The van der Waals surface area contributed by atoms with Crippen LogP contribution in [0.3, 0.4) is 0 Å². The number of hydrogen-bond donors (Lipinski definition) is 2. The van der Waals surface area contributed by atoms with Crippen molar-refractivity contribution in [2.75, 3.05) is 0 Å². The van der Waals surface area contributed by atoms with Crippen molar-refractivity contribution in [1.29, 1.82) is 0 Å². The SMILES string of the molecule is C[C@@]1(O)CC[C@@]2(C)[C@H](CC[C@@H]3[C@@H]2CC[C@]2(C)C(O)C[C@@H]32)C1. The smallest absolute Gasteiger partial charge is 0.0622 e. The van der Waals surface area contributed by atoms with Crippen molar-refractivity contribution in [3.63, 3.8) is 0 Å². The lowest BCUT2D eigenvalue weighted by atomic mass is 9.39. The van der Waals surface area contributed by atoms with Gasteiger partial charge in [-0.3, -0.25) is 0 Å². The molecular weight excluding hydrogens is 260 g/mol. The Morgan fingerprint density at radius 2 is 1.62 bits per heavy atom. The number of aliphatic hydroxyl groups excluding tert-OH is 1. The summed E-state index contributed by atoms with van der Waals surface area (Å²) >= 11 is 0. The first-order valence-corrected chi connectivity index (χ1v) is 9.17. The molecule has 0 spiro atoms. The highest BCUT2D eigenvalue weighted by Gasteiger charge is 2.63. The molecule has 8 atom stereocenters. The van der Waals surface area contributed by atoms with E-state index < -0.39 is 5.60 Å². The van der Waals surface area contributed by atoms with E-state index in [0.717, 1.165) is 42.9 Å². The van der Waals surface area contributed by atoms with E-state index in [9.17, 15) is 10.2 Å². The normalized spacial score (nSPS) is 63.0. The van der Waals surface area contributed by atoms with E-state index in [1.165, 1.54) is 32.1 Å². The lowest BCUT2D eigenvalue weighted by molar-refractivity contribution is -0.215. The molecule has 0 heterocycles. The van der Waals surface area contributed by atoms with Crippen molar-refractivity contribution in [2.24, 2.45) is 34.5 Å². The van der Waals surface area contributed by atoms with E-state index in [2.05, 4.69) is 13.8 Å². The number of aliphatic hydroxyl groups is 2. The first-order valence-electron chi connectivity index (χ1n) is 9.17. The molecule has 4 rings (SSSR count). The molecule has 120 valence electrons. The van der Waals surface area contributed by atoms with Crippen LogP contribution in [0.2, 0.25) is 0 Å². The third-order valence-corrected chi connectivity index (χ3v) is 8.63. The summed E-state index contributed by atoms with van der Waals surface area (Å²) in [5, 5.41) is 20.7. The molecule has 0 radical (unpaired) electrons. The third-order valence-electron chi connectivity index (χ3n) is 8.63. The van der Waals surface area contributed by atoms with Crippen LogP contribution in [-0.4, -0.2) is 21.9 Å². The predicted molar refractivity (Wildman–Crippen MR) is 83.7 cm³/mol. The van der Waals surface area contributed by atoms with Crippen LogP contribution in [0.1, 0.15) is 72.1 Å². The Kier molecular flexibility index (Phi) is 2.94. The first-order chi connectivity index (χ1) is 9.76. The second-order valence-corrected chi connectivity index (χ2v) is 9.65. The summed E-state index contributed by atoms with van der Waals surface area (Å²) in [6.45, 7) is 6.91. The van der Waals surface area contributed by atoms with Crippen molar-refractivity contribution in [3.05, 3.63) is 0 Å². The zero-order valence-electron chi connectivity index (χ0n) is 13.9. The third kappa shape index (κ3) is 1.84. The summed E-state index contributed by atoms with van der Waals surface area (Å²) in [4.78, 5) is 0. The maximum absolute atomic E-state index is 10.5. The highest BCUT2D eigenvalue weighted by molar-refractivity contribution is 5.12. The van der Waals surface area contributed by atoms with E-state index in [1.54, 1.807) is 0 Å². The van der Waals surface area contributed by atoms with Gasteiger partial charge in [0.05, 0.1) is 11.7 Å². The van der Waals surface area contributed by atoms with E-state index in [-0.39, 0.29) is 11.5 Å². The van der Waals surface area contributed by atoms with Crippen LogP contribution in [0.5, 0.6) is 0 Å². The summed E-state index contributed by atoms with van der Waals surface area (Å²) in [6.07, 6.45) is 9.38. The minimum absolute atomic E-state index is 0.0407. The summed E-state index contributed by atoms with van der Waals surface area (Å²) in [5.41, 5.74) is 0.254. The largest absolute Gasteiger partial charge is 0.393 e. The average Bonchev–Trinajstić information content (AvgIpc) is 2.42. The Balaban J connectivity index is 1.60. The zero-order valence-corrected chi connectivity index (χ0v) is 13.9. The topological polar surface area (TPSA) is 40.5 Å². The Morgan fingerprint density at radius 3 is 2.33 bits per heavy atom. The monoisotopic (exact) mass is 292 g/mol. The van der Waals surface area contributed by atoms with Crippen LogP contribution in [0.15, 0.2) is 0 Å². The molecule has 0 aliphatic heterocycles. The Morgan fingerprint density at radius 1 is 0.857 bits per heavy atom. The number of rotatable bonds is 0. The number of fused-ring (bicyclic) bond motifs is 5. The van der Waals surface area contributed by atoms with E-state index in [0.29, 0.717) is 5.41 Å². The van der Waals surface area contributed by atoms with E-state index in [4.69, 9.17) is 0 Å². The molecule has 4 aliphatic carbocycles. The average molecular weight is 292 g/mol. The number of hydrogen-bond acceptors (Lipinski definition) is 2. The van der Waals surface area contributed by atoms with Gasteiger partial charge in [-0.1, -0.05) is 13.8 Å². The summed E-state index contributed by atoms with van der Waals surface area (Å²) < 4.78 is 0. The van der Waals surface area contributed by atoms with Crippen molar-refractivity contribution in [2.45, 2.75) is 83.8 Å². The van der Waals surface area contributed by atoms with Crippen LogP contribution >= 0.6 is 0 Å². The molecular formula is C19H32O2. The van der Waals surface area contributed by atoms with Gasteiger partial charge in [0.15, 0.2) is 0 Å². The van der Waals surface area contributed by atoms with Crippen molar-refractivity contribution >= 4 is 0 Å². The van der Waals surface area contributed by atoms with Gasteiger partial charge in [-0.2, -0.15) is 0 Å². The molecule has 2 N–H and O–H groups in total. The van der Waals surface area contributed by atoms with Gasteiger partial charge in [-0.25, -0.2) is 0 Å². The molecule has 0 aromatic carbocycles. The molecule has 4 aliphatic rings. The quantitative estimate of drug-likeness (QED) is 0.714. The van der Waals surface area contributed by atoms with Crippen LogP contribution in [0.4, 0.5) is 0 Å². The Labute approximate surface area is 129 Å². The molecule has 21 heavy (non-hydrogen) atoms. The first kappa shape index (κ1) is 14.5. The van der Waals surface area contributed by atoms with Crippen molar-refractivity contribution in [3.8, 4) is 0 Å². The maximum Gasteiger partial charge on any atom is 0.0622 e. The predicted octanol–water partition coefficient (Wildman–Crippen LogP) is 3.75. The van der Waals surface area contributed by atoms with Gasteiger partial charge in [0.1, 0.15) is 0 Å². The summed E-state index contributed by atoms with van der Waals surface area (Å²) in [7, 11) is 0. The summed E-state index contributed by atoms with van der Waals surface area (Å²) in [5.74, 6) is 3.18. The zero-order chi connectivity index (χ0) is 15.0. The maximum atomic E-state index is 10.5. The second-order valence-electron chi connectivity index (χ2n) is 9.65. The second kappa shape index (κ2) is 4.26. The fourth-order valence-corrected chi connectivity index (χ4v) is 6.99. The van der Waals surface area contributed by atoms with Crippen LogP contribution in [-0.2, 0) is 0 Å². The van der Waals surface area contributed by atoms with Gasteiger partial charge in [-0.05, 0) is 92.8 Å². The fourth-order valence-electron chi connectivity index (χ4n) is 6.99. The fraction of sp³-hybridized carbons (Fsp3) is 1.00. The molecule has 1 unspecified atom stereocenters. The van der Waals surface area contributed by atoms with Crippen LogP contribution < -0.4 is 0 Å². The molecule has 0 bridgehead atoms. The van der Waals surface area contributed by atoms with Gasteiger partial charge < -0.3 is 10.2 Å². The standard InChI is InChI=1S/C19H32O2/c1-17(21)8-9-18(2)12(11-17)4-5-13-14(18)6-7-19(3)15(13)10-16(19)20/h12-16,20-21H,4-11H2,1-3H3/t12-,13-,14+,15+,16?,17-,18+,19+/m1/s1. The Bertz CT molecular complexity index is 445. The van der Waals surface area contributed by atoms with Crippen LogP contribution in [0.25, 0.3) is 0 Å². The lowest BCUT2D eigenvalue weighted by Gasteiger charge is -2.66. The molecule has 2 heteroatoms. The molecule has 2 nitrogen and oxygen atoms in total. The molecule has 4 fully saturated rings. The van der Waals surface area contributed by atoms with E-state index in [1.807, 2.05) is 6.92 Å². The summed E-state index contributed by atoms with van der Waals surface area (Å²) in [6, 6.07) is 0. The van der Waals surface area contributed by atoms with E-state index >= 15 is 0 Å². The minimum atomic E-state index is -0.424. The van der Waals surface area contributed by atoms with Gasteiger partial charge in [0, 0.05) is 0 Å². The molecule has 0 saturated heterocycles. The molecule has 0 amide bonds. The molecule has 0 aromatic rings.